The second-order valence-corrected chi connectivity index (χ2v) is 6.96. The summed E-state index contributed by atoms with van der Waals surface area (Å²) in [7, 11) is 3.96. The Hall–Kier alpha value is -0.570. The molecule has 0 aliphatic carbocycles. The van der Waals surface area contributed by atoms with Crippen LogP contribution in [-0.4, -0.2) is 37.6 Å². The Kier molecular flexibility index (Phi) is 10.8. The van der Waals surface area contributed by atoms with Gasteiger partial charge < -0.3 is 9.64 Å². The van der Waals surface area contributed by atoms with Crippen LogP contribution in [0.15, 0.2) is 0 Å². The zero-order chi connectivity index (χ0) is 15.5. The number of esters is 1. The van der Waals surface area contributed by atoms with Gasteiger partial charge in [0.15, 0.2) is 0 Å². The maximum atomic E-state index is 11.9. The molecule has 3 nitrogen and oxygen atoms in total. The predicted octanol–water partition coefficient (Wildman–Crippen LogP) is 4.11. The molecule has 0 aliphatic rings. The number of hydrogen-bond donors (Lipinski definition) is 0. The van der Waals surface area contributed by atoms with Crippen LogP contribution in [0, 0.1) is 11.8 Å². The van der Waals surface area contributed by atoms with Gasteiger partial charge >= 0.3 is 5.97 Å². The largest absolute Gasteiger partial charge is 0.462 e. The second kappa shape index (κ2) is 11.1. The summed E-state index contributed by atoms with van der Waals surface area (Å²) >= 11 is 0. The topological polar surface area (TPSA) is 29.5 Å². The van der Waals surface area contributed by atoms with Gasteiger partial charge in [-0.05, 0) is 51.6 Å². The molecule has 0 radical (unpaired) electrons. The van der Waals surface area contributed by atoms with Crippen molar-refractivity contribution in [3.8, 4) is 0 Å². The highest BCUT2D eigenvalue weighted by Crippen LogP contribution is 2.17. The third-order valence-corrected chi connectivity index (χ3v) is 3.43. The van der Waals surface area contributed by atoms with E-state index in [2.05, 4.69) is 27.7 Å². The molecule has 0 spiro atoms. The van der Waals surface area contributed by atoms with Gasteiger partial charge in [-0.25, -0.2) is 0 Å². The lowest BCUT2D eigenvalue weighted by Crippen LogP contribution is -2.23. The molecule has 0 amide bonds. The zero-order valence-corrected chi connectivity index (χ0v) is 14.4. The number of ether oxygens (including phenoxy) is 1. The van der Waals surface area contributed by atoms with Crippen molar-refractivity contribution >= 4 is 5.97 Å². The van der Waals surface area contributed by atoms with Gasteiger partial charge in [0.25, 0.3) is 0 Å². The Morgan fingerprint density at radius 2 is 1.55 bits per heavy atom. The van der Waals surface area contributed by atoms with E-state index in [9.17, 15) is 4.79 Å². The van der Waals surface area contributed by atoms with E-state index in [1.54, 1.807) is 0 Å². The molecule has 0 bridgehead atoms. The van der Waals surface area contributed by atoms with Crippen molar-refractivity contribution in [3.63, 3.8) is 0 Å². The fraction of sp³-hybridized carbons (Fsp3) is 0.941. The maximum absolute atomic E-state index is 11.9. The van der Waals surface area contributed by atoms with Crippen LogP contribution < -0.4 is 0 Å². The number of hydrogen-bond acceptors (Lipinski definition) is 3. The van der Waals surface area contributed by atoms with Crippen molar-refractivity contribution in [2.75, 3.05) is 20.6 Å². The molecule has 0 saturated heterocycles. The standard InChI is InChI=1S/C17H35NO2/c1-14(2)8-7-9-16(11-10-15(3)4)20-17(19)12-13-18(5)6/h14-16H,7-13H2,1-6H3. The Bertz CT molecular complexity index is 249. The summed E-state index contributed by atoms with van der Waals surface area (Å²) in [6, 6.07) is 0. The molecule has 0 aromatic heterocycles. The fourth-order valence-corrected chi connectivity index (χ4v) is 2.09. The minimum atomic E-state index is -0.0444. The van der Waals surface area contributed by atoms with Crippen LogP contribution in [0.5, 0.6) is 0 Å². The second-order valence-electron chi connectivity index (χ2n) is 6.96. The number of nitrogens with zero attached hydrogens (tertiary/aromatic N) is 1. The molecule has 0 rings (SSSR count). The highest BCUT2D eigenvalue weighted by molar-refractivity contribution is 5.69. The van der Waals surface area contributed by atoms with Crippen molar-refractivity contribution in [2.24, 2.45) is 11.8 Å². The first-order valence-corrected chi connectivity index (χ1v) is 8.15. The Morgan fingerprint density at radius 3 is 2.05 bits per heavy atom. The summed E-state index contributed by atoms with van der Waals surface area (Å²) in [5, 5.41) is 0. The van der Waals surface area contributed by atoms with Crippen LogP contribution in [0.4, 0.5) is 0 Å². The average molecular weight is 285 g/mol. The average Bonchev–Trinajstić information content (AvgIpc) is 2.32. The minimum Gasteiger partial charge on any atom is -0.462 e. The Balaban J connectivity index is 4.11. The minimum absolute atomic E-state index is 0.0444. The lowest BCUT2D eigenvalue weighted by molar-refractivity contribution is -0.150. The van der Waals surface area contributed by atoms with Crippen molar-refractivity contribution in [3.05, 3.63) is 0 Å². The van der Waals surface area contributed by atoms with E-state index in [-0.39, 0.29) is 12.1 Å². The summed E-state index contributed by atoms with van der Waals surface area (Å²) in [4.78, 5) is 13.9. The smallest absolute Gasteiger partial charge is 0.307 e. The molecule has 0 aromatic carbocycles. The van der Waals surface area contributed by atoms with Crippen molar-refractivity contribution in [2.45, 2.75) is 72.3 Å². The molecule has 0 aromatic rings. The maximum Gasteiger partial charge on any atom is 0.307 e. The van der Waals surface area contributed by atoms with Gasteiger partial charge in [0.2, 0.25) is 0 Å². The van der Waals surface area contributed by atoms with Crippen LogP contribution in [-0.2, 0) is 9.53 Å². The molecular formula is C17H35NO2. The van der Waals surface area contributed by atoms with Crippen molar-refractivity contribution in [1.29, 1.82) is 0 Å². The van der Waals surface area contributed by atoms with E-state index in [0.717, 1.165) is 38.1 Å². The molecule has 0 saturated carbocycles. The summed E-state index contributed by atoms with van der Waals surface area (Å²) in [6.07, 6.45) is 6.13. The number of rotatable bonds is 11. The van der Waals surface area contributed by atoms with E-state index in [0.29, 0.717) is 12.3 Å². The van der Waals surface area contributed by atoms with Crippen LogP contribution in [0.25, 0.3) is 0 Å². The molecule has 0 N–H and O–H groups in total. The monoisotopic (exact) mass is 285 g/mol. The van der Waals surface area contributed by atoms with Crippen LogP contribution in [0.3, 0.4) is 0 Å². The number of carbonyl (C=O) groups excluding carboxylic acids is 1. The number of carbonyl (C=O) groups is 1. The first-order chi connectivity index (χ1) is 9.31. The summed E-state index contributed by atoms with van der Waals surface area (Å²) < 4.78 is 5.67. The summed E-state index contributed by atoms with van der Waals surface area (Å²) in [5.41, 5.74) is 0. The van der Waals surface area contributed by atoms with Gasteiger partial charge in [-0.2, -0.15) is 0 Å². The quantitative estimate of drug-likeness (QED) is 0.535. The first-order valence-electron chi connectivity index (χ1n) is 8.15. The van der Waals surface area contributed by atoms with E-state index in [1.165, 1.54) is 6.42 Å². The highest BCUT2D eigenvalue weighted by Gasteiger charge is 2.15. The van der Waals surface area contributed by atoms with E-state index in [4.69, 9.17) is 4.74 Å². The Labute approximate surface area is 126 Å². The third-order valence-electron chi connectivity index (χ3n) is 3.43. The molecule has 1 atom stereocenters. The van der Waals surface area contributed by atoms with E-state index >= 15 is 0 Å². The predicted molar refractivity (Wildman–Crippen MR) is 85.8 cm³/mol. The molecule has 3 heteroatoms. The molecule has 120 valence electrons. The summed E-state index contributed by atoms with van der Waals surface area (Å²) in [6.45, 7) is 9.69. The fourth-order valence-electron chi connectivity index (χ4n) is 2.09. The molecule has 20 heavy (non-hydrogen) atoms. The highest BCUT2D eigenvalue weighted by atomic mass is 16.5. The molecule has 0 aliphatic heterocycles. The molecular weight excluding hydrogens is 250 g/mol. The van der Waals surface area contributed by atoms with Gasteiger partial charge in [0.05, 0.1) is 6.42 Å². The summed E-state index contributed by atoms with van der Waals surface area (Å²) in [5.74, 6) is 1.35. The van der Waals surface area contributed by atoms with Gasteiger partial charge in [-0.3, -0.25) is 4.79 Å². The lowest BCUT2D eigenvalue weighted by Gasteiger charge is -2.20. The van der Waals surface area contributed by atoms with Crippen molar-refractivity contribution in [1.82, 2.24) is 4.90 Å². The van der Waals surface area contributed by atoms with Gasteiger partial charge in [0.1, 0.15) is 6.10 Å². The molecule has 0 heterocycles. The van der Waals surface area contributed by atoms with Gasteiger partial charge in [-0.1, -0.05) is 34.1 Å². The lowest BCUT2D eigenvalue weighted by atomic mass is 9.99. The van der Waals surface area contributed by atoms with Gasteiger partial charge in [0, 0.05) is 6.54 Å². The Morgan fingerprint density at radius 1 is 0.950 bits per heavy atom. The van der Waals surface area contributed by atoms with Crippen LogP contribution in [0.2, 0.25) is 0 Å². The van der Waals surface area contributed by atoms with E-state index < -0.39 is 0 Å². The third kappa shape index (κ3) is 12.5. The van der Waals surface area contributed by atoms with Crippen LogP contribution in [0.1, 0.15) is 66.2 Å². The normalized spacial score (nSPS) is 13.2. The van der Waals surface area contributed by atoms with Crippen molar-refractivity contribution < 1.29 is 9.53 Å². The SMILES string of the molecule is CC(C)CCCC(CCC(C)C)OC(=O)CCN(C)C. The first kappa shape index (κ1) is 19.4. The van der Waals surface area contributed by atoms with E-state index in [1.807, 2.05) is 19.0 Å². The zero-order valence-electron chi connectivity index (χ0n) is 14.4. The van der Waals surface area contributed by atoms with Gasteiger partial charge in [-0.15, -0.1) is 0 Å². The molecule has 0 fully saturated rings. The van der Waals surface area contributed by atoms with Crippen LogP contribution >= 0.6 is 0 Å². The molecule has 1 unspecified atom stereocenters.